The SMILES string of the molecule is Cc1ccc(F)c(NC(=O)c2ccc(S(=O)(=O)N(C)c3ccccc3)cc2)c1. The quantitative estimate of drug-likeness (QED) is 0.700. The van der Waals surface area contributed by atoms with Gasteiger partial charge in [-0.2, -0.15) is 0 Å². The van der Waals surface area contributed by atoms with Crippen molar-refractivity contribution in [3.63, 3.8) is 0 Å². The fraction of sp³-hybridized carbons (Fsp3) is 0.0952. The van der Waals surface area contributed by atoms with Crippen LogP contribution < -0.4 is 9.62 Å². The highest BCUT2D eigenvalue weighted by molar-refractivity contribution is 7.92. The molecule has 0 saturated heterocycles. The van der Waals surface area contributed by atoms with E-state index in [-0.39, 0.29) is 16.1 Å². The molecule has 0 saturated carbocycles. The van der Waals surface area contributed by atoms with Gasteiger partial charge in [-0.25, -0.2) is 12.8 Å². The Balaban J connectivity index is 1.81. The normalized spacial score (nSPS) is 11.1. The van der Waals surface area contributed by atoms with E-state index in [1.165, 1.54) is 47.8 Å². The zero-order valence-electron chi connectivity index (χ0n) is 15.4. The van der Waals surface area contributed by atoms with E-state index < -0.39 is 21.7 Å². The Morgan fingerprint density at radius 1 is 0.964 bits per heavy atom. The summed E-state index contributed by atoms with van der Waals surface area (Å²) in [5.41, 5.74) is 1.63. The zero-order chi connectivity index (χ0) is 20.3. The van der Waals surface area contributed by atoms with Crippen molar-refractivity contribution in [3.8, 4) is 0 Å². The predicted molar refractivity (Wildman–Crippen MR) is 108 cm³/mol. The molecule has 3 aromatic carbocycles. The van der Waals surface area contributed by atoms with Gasteiger partial charge in [0, 0.05) is 12.6 Å². The van der Waals surface area contributed by atoms with Crippen LogP contribution in [0, 0.1) is 12.7 Å². The van der Waals surface area contributed by atoms with E-state index in [0.29, 0.717) is 5.69 Å². The number of hydrogen-bond acceptors (Lipinski definition) is 3. The van der Waals surface area contributed by atoms with Gasteiger partial charge in [0.05, 0.1) is 16.3 Å². The third-order valence-corrected chi connectivity index (χ3v) is 6.06. The first-order valence-electron chi connectivity index (χ1n) is 8.50. The summed E-state index contributed by atoms with van der Waals surface area (Å²) < 4.78 is 40.5. The van der Waals surface area contributed by atoms with E-state index in [4.69, 9.17) is 0 Å². The minimum Gasteiger partial charge on any atom is -0.319 e. The molecule has 7 heteroatoms. The monoisotopic (exact) mass is 398 g/mol. The first-order valence-corrected chi connectivity index (χ1v) is 9.94. The van der Waals surface area contributed by atoms with Crippen molar-refractivity contribution < 1.29 is 17.6 Å². The van der Waals surface area contributed by atoms with Gasteiger partial charge in [0.1, 0.15) is 5.82 Å². The average molecular weight is 398 g/mol. The molecule has 0 bridgehead atoms. The van der Waals surface area contributed by atoms with Crippen molar-refractivity contribution >= 4 is 27.3 Å². The topological polar surface area (TPSA) is 66.5 Å². The summed E-state index contributed by atoms with van der Waals surface area (Å²) in [4.78, 5) is 12.4. The highest BCUT2D eigenvalue weighted by atomic mass is 32.2. The Kier molecular flexibility index (Phi) is 5.46. The van der Waals surface area contributed by atoms with Crippen LogP contribution in [-0.2, 0) is 10.0 Å². The van der Waals surface area contributed by atoms with Crippen LogP contribution in [0.25, 0.3) is 0 Å². The van der Waals surface area contributed by atoms with Gasteiger partial charge in [-0.05, 0) is 61.0 Å². The summed E-state index contributed by atoms with van der Waals surface area (Å²) >= 11 is 0. The summed E-state index contributed by atoms with van der Waals surface area (Å²) in [6.07, 6.45) is 0. The molecule has 0 atom stereocenters. The summed E-state index contributed by atoms with van der Waals surface area (Å²) in [5, 5.41) is 2.50. The Bertz CT molecular complexity index is 1100. The first kappa shape index (κ1) is 19.6. The fourth-order valence-electron chi connectivity index (χ4n) is 2.64. The van der Waals surface area contributed by atoms with E-state index >= 15 is 0 Å². The predicted octanol–water partition coefficient (Wildman–Crippen LogP) is 4.21. The molecule has 3 aromatic rings. The van der Waals surface area contributed by atoms with Crippen molar-refractivity contribution in [2.24, 2.45) is 0 Å². The van der Waals surface area contributed by atoms with Gasteiger partial charge in [0.25, 0.3) is 15.9 Å². The largest absolute Gasteiger partial charge is 0.319 e. The summed E-state index contributed by atoms with van der Waals surface area (Å²) in [7, 11) is -2.30. The minimum atomic E-state index is -3.76. The maximum absolute atomic E-state index is 13.8. The molecule has 3 rings (SSSR count). The van der Waals surface area contributed by atoms with Crippen molar-refractivity contribution in [2.75, 3.05) is 16.7 Å². The second kappa shape index (κ2) is 7.82. The third kappa shape index (κ3) is 4.04. The molecule has 0 fully saturated rings. The number of rotatable bonds is 5. The summed E-state index contributed by atoms with van der Waals surface area (Å²) in [6.45, 7) is 1.79. The molecular formula is C21H19FN2O3S. The van der Waals surface area contributed by atoms with Gasteiger partial charge >= 0.3 is 0 Å². The number of nitrogens with one attached hydrogen (secondary N) is 1. The van der Waals surface area contributed by atoms with Crippen molar-refractivity contribution in [1.29, 1.82) is 0 Å². The van der Waals surface area contributed by atoms with E-state index in [0.717, 1.165) is 5.56 Å². The van der Waals surface area contributed by atoms with E-state index in [1.807, 2.05) is 0 Å². The van der Waals surface area contributed by atoms with Crippen LogP contribution in [0.1, 0.15) is 15.9 Å². The van der Waals surface area contributed by atoms with Gasteiger partial charge in [0.15, 0.2) is 0 Å². The van der Waals surface area contributed by atoms with Gasteiger partial charge in [-0.15, -0.1) is 0 Å². The van der Waals surface area contributed by atoms with Gasteiger partial charge < -0.3 is 5.32 Å². The highest BCUT2D eigenvalue weighted by Gasteiger charge is 2.21. The molecule has 1 N–H and O–H groups in total. The second-order valence-electron chi connectivity index (χ2n) is 6.27. The standard InChI is InChI=1S/C21H19FN2O3S/c1-15-8-13-19(22)20(14-15)23-21(25)16-9-11-18(12-10-16)28(26,27)24(2)17-6-4-3-5-7-17/h3-14H,1-2H3,(H,23,25). The number of anilines is 2. The van der Waals surface area contributed by atoms with Crippen molar-refractivity contribution in [2.45, 2.75) is 11.8 Å². The van der Waals surface area contributed by atoms with Crippen LogP contribution in [0.3, 0.4) is 0 Å². The number of carbonyl (C=O) groups is 1. The van der Waals surface area contributed by atoms with Gasteiger partial charge in [-0.3, -0.25) is 9.10 Å². The first-order chi connectivity index (χ1) is 13.3. The van der Waals surface area contributed by atoms with Crippen molar-refractivity contribution in [1.82, 2.24) is 0 Å². The lowest BCUT2D eigenvalue weighted by molar-refractivity contribution is 0.102. The van der Waals surface area contributed by atoms with Crippen LogP contribution >= 0.6 is 0 Å². The number of halogens is 1. The molecule has 0 unspecified atom stereocenters. The number of aryl methyl sites for hydroxylation is 1. The summed E-state index contributed by atoms with van der Waals surface area (Å²) in [5.74, 6) is -1.06. The van der Waals surface area contributed by atoms with Crippen LogP contribution in [0.4, 0.5) is 15.8 Å². The number of nitrogens with zero attached hydrogens (tertiary/aromatic N) is 1. The van der Waals surface area contributed by atoms with Crippen LogP contribution in [0.15, 0.2) is 77.7 Å². The Labute approximate surface area is 163 Å². The third-order valence-electron chi connectivity index (χ3n) is 4.26. The van der Waals surface area contributed by atoms with Crippen LogP contribution in [0.2, 0.25) is 0 Å². The molecule has 0 aliphatic rings. The molecule has 144 valence electrons. The molecule has 0 radical (unpaired) electrons. The molecule has 0 heterocycles. The van der Waals surface area contributed by atoms with E-state index in [1.54, 1.807) is 43.3 Å². The second-order valence-corrected chi connectivity index (χ2v) is 8.24. The molecule has 1 amide bonds. The fourth-order valence-corrected chi connectivity index (χ4v) is 3.84. The maximum atomic E-state index is 13.8. The molecule has 0 aliphatic carbocycles. The van der Waals surface area contributed by atoms with Crippen LogP contribution in [0.5, 0.6) is 0 Å². The molecule has 0 aliphatic heterocycles. The number of sulfonamides is 1. The Morgan fingerprint density at radius 2 is 1.61 bits per heavy atom. The van der Waals surface area contributed by atoms with Crippen LogP contribution in [-0.4, -0.2) is 21.4 Å². The highest BCUT2D eigenvalue weighted by Crippen LogP contribution is 2.22. The molecule has 5 nitrogen and oxygen atoms in total. The number of carbonyl (C=O) groups excluding carboxylic acids is 1. The molecular weight excluding hydrogens is 379 g/mol. The van der Waals surface area contributed by atoms with Crippen molar-refractivity contribution in [3.05, 3.63) is 89.7 Å². The lowest BCUT2D eigenvalue weighted by Gasteiger charge is -2.19. The smallest absolute Gasteiger partial charge is 0.264 e. The number of hydrogen-bond donors (Lipinski definition) is 1. The van der Waals surface area contributed by atoms with Gasteiger partial charge in [0.2, 0.25) is 0 Å². The Hall–Kier alpha value is -3.19. The number of benzene rings is 3. The van der Waals surface area contributed by atoms with Gasteiger partial charge in [-0.1, -0.05) is 24.3 Å². The lowest BCUT2D eigenvalue weighted by atomic mass is 10.2. The molecule has 0 aromatic heterocycles. The number of amides is 1. The maximum Gasteiger partial charge on any atom is 0.264 e. The number of para-hydroxylation sites is 1. The Morgan fingerprint density at radius 3 is 2.25 bits per heavy atom. The average Bonchev–Trinajstić information content (AvgIpc) is 2.71. The molecule has 28 heavy (non-hydrogen) atoms. The van der Waals surface area contributed by atoms with E-state index in [9.17, 15) is 17.6 Å². The minimum absolute atomic E-state index is 0.0529. The summed E-state index contributed by atoms with van der Waals surface area (Å²) in [6, 6.07) is 18.6. The molecule has 0 spiro atoms. The zero-order valence-corrected chi connectivity index (χ0v) is 16.2. The lowest BCUT2D eigenvalue weighted by Crippen LogP contribution is -2.26. The van der Waals surface area contributed by atoms with E-state index in [2.05, 4.69) is 5.32 Å².